The Morgan fingerprint density at radius 1 is 0.378 bits per heavy atom. The van der Waals surface area contributed by atoms with E-state index < -0.39 is 0 Å². The van der Waals surface area contributed by atoms with Crippen LogP contribution in [0.2, 0.25) is 0 Å². The van der Waals surface area contributed by atoms with Crippen LogP contribution in [0.3, 0.4) is 0 Å². The van der Waals surface area contributed by atoms with Crippen molar-refractivity contribution in [1.29, 1.82) is 0 Å². The van der Waals surface area contributed by atoms with Gasteiger partial charge in [0.25, 0.3) is 0 Å². The fraction of sp³-hybridized carbons (Fsp3) is 0. The normalized spacial score (nSPS) is 11.8. The second kappa shape index (κ2) is 7.78. The Bertz CT molecular complexity index is 2040. The lowest BCUT2D eigenvalue weighted by Gasteiger charge is -2.12. The van der Waals surface area contributed by atoms with Gasteiger partial charge in [-0.3, -0.25) is 0 Å². The summed E-state index contributed by atoms with van der Waals surface area (Å²) < 4.78 is 2.35. The molecule has 0 atom stereocenters. The minimum absolute atomic E-state index is 0.988. The van der Waals surface area contributed by atoms with Gasteiger partial charge in [0.2, 0.25) is 0 Å². The van der Waals surface area contributed by atoms with Crippen LogP contribution in [0.4, 0.5) is 0 Å². The van der Waals surface area contributed by atoms with E-state index in [4.69, 9.17) is 4.98 Å². The van der Waals surface area contributed by atoms with Crippen molar-refractivity contribution < 1.29 is 0 Å². The smallest absolute Gasteiger partial charge is 0.0794 e. The molecule has 2 nitrogen and oxygen atoms in total. The molecule has 0 saturated carbocycles. The van der Waals surface area contributed by atoms with Crippen LogP contribution in [-0.4, -0.2) is 9.55 Å². The van der Waals surface area contributed by atoms with Crippen molar-refractivity contribution in [3.63, 3.8) is 0 Å². The summed E-state index contributed by atoms with van der Waals surface area (Å²) >= 11 is 0. The molecule has 172 valence electrons. The van der Waals surface area contributed by atoms with Crippen LogP contribution in [0.15, 0.2) is 133 Å². The molecule has 2 heteroatoms. The highest BCUT2D eigenvalue weighted by Crippen LogP contribution is 2.36. The average Bonchev–Trinajstić information content (AvgIpc) is 3.32. The van der Waals surface area contributed by atoms with E-state index in [1.807, 2.05) is 0 Å². The molecule has 0 fully saturated rings. The van der Waals surface area contributed by atoms with Gasteiger partial charge in [-0.1, -0.05) is 97.1 Å². The van der Waals surface area contributed by atoms with E-state index in [-0.39, 0.29) is 0 Å². The van der Waals surface area contributed by atoms with Gasteiger partial charge < -0.3 is 4.57 Å². The third-order valence-electron chi connectivity index (χ3n) is 7.59. The van der Waals surface area contributed by atoms with Crippen molar-refractivity contribution in [3.05, 3.63) is 133 Å². The molecule has 0 N–H and O–H groups in total. The highest BCUT2D eigenvalue weighted by molar-refractivity contribution is 6.24. The summed E-state index contributed by atoms with van der Waals surface area (Å²) in [5.74, 6) is 0. The van der Waals surface area contributed by atoms with Gasteiger partial charge in [0, 0.05) is 32.8 Å². The summed E-state index contributed by atoms with van der Waals surface area (Å²) in [6.07, 6.45) is 0. The van der Waals surface area contributed by atoms with Crippen molar-refractivity contribution in [3.8, 4) is 16.9 Å². The second-order valence-corrected chi connectivity index (χ2v) is 9.60. The van der Waals surface area contributed by atoms with Gasteiger partial charge in [-0.05, 0) is 52.6 Å². The molecule has 0 unspecified atom stereocenters. The first-order chi connectivity index (χ1) is 18.4. The standard InChI is InChI=1S/C35H22N2/c1-2-11-27-25(9-1)26-10-3-4-14-30(26)35-31(27)21-22-32(36-35)23-17-19-24(20-18-23)37-33-15-7-5-12-28(33)29-13-6-8-16-34(29)37/h1-22H. The van der Waals surface area contributed by atoms with Crippen LogP contribution in [0.25, 0.3) is 71.2 Å². The number of hydrogen-bond donors (Lipinski definition) is 0. The van der Waals surface area contributed by atoms with Gasteiger partial charge in [0.05, 0.1) is 22.2 Å². The van der Waals surface area contributed by atoms with E-state index in [1.54, 1.807) is 0 Å². The second-order valence-electron chi connectivity index (χ2n) is 9.60. The Morgan fingerprint density at radius 2 is 0.838 bits per heavy atom. The zero-order chi connectivity index (χ0) is 24.3. The Balaban J connectivity index is 1.31. The maximum Gasteiger partial charge on any atom is 0.0794 e. The van der Waals surface area contributed by atoms with E-state index >= 15 is 0 Å². The molecule has 0 spiro atoms. The number of benzene rings is 6. The van der Waals surface area contributed by atoms with E-state index in [9.17, 15) is 0 Å². The number of nitrogens with zero attached hydrogens (tertiary/aromatic N) is 2. The van der Waals surface area contributed by atoms with Crippen LogP contribution < -0.4 is 0 Å². The molecule has 0 aliphatic carbocycles. The molecule has 37 heavy (non-hydrogen) atoms. The van der Waals surface area contributed by atoms with Gasteiger partial charge in [-0.15, -0.1) is 0 Å². The Hall–Kier alpha value is -4.95. The predicted molar refractivity (Wildman–Crippen MR) is 157 cm³/mol. The SMILES string of the molecule is c1ccc2c(c1)c1ccccc1c1nc(-c3ccc(-n4c5ccccc5c5ccccc54)cc3)ccc21. The molecular formula is C35H22N2. The lowest BCUT2D eigenvalue weighted by molar-refractivity contribution is 1.18. The number of rotatable bonds is 2. The predicted octanol–water partition coefficient (Wildman–Crippen LogP) is 9.31. The zero-order valence-corrected chi connectivity index (χ0v) is 20.1. The summed E-state index contributed by atoms with van der Waals surface area (Å²) in [6.45, 7) is 0. The molecule has 0 aliphatic rings. The van der Waals surface area contributed by atoms with Crippen molar-refractivity contribution in [2.45, 2.75) is 0 Å². The quantitative estimate of drug-likeness (QED) is 0.230. The first-order valence-corrected chi connectivity index (χ1v) is 12.7. The number of pyridine rings is 1. The Morgan fingerprint density at radius 3 is 1.43 bits per heavy atom. The third kappa shape index (κ3) is 2.96. The molecule has 0 bridgehead atoms. The maximum absolute atomic E-state index is 5.21. The molecule has 2 aromatic heterocycles. The summed E-state index contributed by atoms with van der Waals surface area (Å²) in [5.41, 5.74) is 6.75. The summed E-state index contributed by atoms with van der Waals surface area (Å²) in [6, 6.07) is 47.7. The highest BCUT2D eigenvalue weighted by Gasteiger charge is 2.13. The average molecular weight is 471 g/mol. The fourth-order valence-electron chi connectivity index (χ4n) is 5.90. The first-order valence-electron chi connectivity index (χ1n) is 12.7. The lowest BCUT2D eigenvalue weighted by atomic mass is 9.96. The highest BCUT2D eigenvalue weighted by atomic mass is 15.0. The molecule has 0 aliphatic heterocycles. The number of hydrogen-bond acceptors (Lipinski definition) is 1. The fourth-order valence-corrected chi connectivity index (χ4v) is 5.90. The van der Waals surface area contributed by atoms with Gasteiger partial charge in [0.15, 0.2) is 0 Å². The van der Waals surface area contributed by atoms with Gasteiger partial charge in [-0.2, -0.15) is 0 Å². The van der Waals surface area contributed by atoms with Crippen LogP contribution in [0.5, 0.6) is 0 Å². The van der Waals surface area contributed by atoms with Crippen LogP contribution in [-0.2, 0) is 0 Å². The van der Waals surface area contributed by atoms with Gasteiger partial charge >= 0.3 is 0 Å². The minimum Gasteiger partial charge on any atom is -0.309 e. The molecular weight excluding hydrogens is 448 g/mol. The van der Waals surface area contributed by atoms with Crippen LogP contribution >= 0.6 is 0 Å². The molecule has 2 heterocycles. The van der Waals surface area contributed by atoms with Crippen molar-refractivity contribution in [2.24, 2.45) is 0 Å². The van der Waals surface area contributed by atoms with E-state index in [2.05, 4.69) is 138 Å². The summed E-state index contributed by atoms with van der Waals surface area (Å²) in [7, 11) is 0. The number of fused-ring (bicyclic) bond motifs is 9. The van der Waals surface area contributed by atoms with Crippen molar-refractivity contribution >= 4 is 54.3 Å². The topological polar surface area (TPSA) is 17.8 Å². The van der Waals surface area contributed by atoms with E-state index in [1.165, 1.54) is 48.7 Å². The van der Waals surface area contributed by atoms with Crippen molar-refractivity contribution in [1.82, 2.24) is 9.55 Å². The summed E-state index contributed by atoms with van der Waals surface area (Å²) in [5, 5.41) is 8.71. The van der Waals surface area contributed by atoms with E-state index in [0.717, 1.165) is 22.5 Å². The lowest BCUT2D eigenvalue weighted by Crippen LogP contribution is -1.94. The third-order valence-corrected chi connectivity index (χ3v) is 7.59. The molecule has 8 aromatic rings. The molecule has 0 radical (unpaired) electrons. The number of para-hydroxylation sites is 2. The van der Waals surface area contributed by atoms with Crippen molar-refractivity contribution in [2.75, 3.05) is 0 Å². The largest absolute Gasteiger partial charge is 0.309 e. The molecule has 0 saturated heterocycles. The van der Waals surface area contributed by atoms with Crippen LogP contribution in [0.1, 0.15) is 0 Å². The van der Waals surface area contributed by atoms with Gasteiger partial charge in [0.1, 0.15) is 0 Å². The summed E-state index contributed by atoms with van der Waals surface area (Å²) in [4.78, 5) is 5.21. The Labute approximate surface area is 214 Å². The number of aromatic nitrogens is 2. The van der Waals surface area contributed by atoms with E-state index in [0.29, 0.717) is 0 Å². The maximum atomic E-state index is 5.21. The zero-order valence-electron chi connectivity index (χ0n) is 20.1. The van der Waals surface area contributed by atoms with Gasteiger partial charge in [-0.25, -0.2) is 4.98 Å². The minimum atomic E-state index is 0.988. The van der Waals surface area contributed by atoms with Crippen LogP contribution in [0, 0.1) is 0 Å². The molecule has 6 aromatic carbocycles. The Kier molecular flexibility index (Phi) is 4.26. The molecule has 8 rings (SSSR count). The first kappa shape index (κ1) is 20.3. The monoisotopic (exact) mass is 470 g/mol. The molecule has 0 amide bonds.